The Morgan fingerprint density at radius 2 is 1.75 bits per heavy atom. The van der Waals surface area contributed by atoms with Crippen molar-refractivity contribution < 1.29 is 29.6 Å². The Kier molecular flexibility index (Phi) is 6.77. The highest BCUT2D eigenvalue weighted by atomic mass is 35.5. The van der Waals surface area contributed by atoms with Gasteiger partial charge in [-0.25, -0.2) is 0 Å². The van der Waals surface area contributed by atoms with Gasteiger partial charge in [0.1, 0.15) is 18.3 Å². The molecule has 7 nitrogen and oxygen atoms in total. The van der Waals surface area contributed by atoms with E-state index in [1.807, 2.05) is 0 Å². The van der Waals surface area contributed by atoms with E-state index in [9.17, 15) is 15.0 Å². The van der Waals surface area contributed by atoms with Gasteiger partial charge in [-0.3, -0.25) is 4.79 Å². The van der Waals surface area contributed by atoms with Crippen LogP contribution in [0.15, 0.2) is 42.5 Å². The zero-order chi connectivity index (χ0) is 20.3. The molecule has 1 unspecified atom stereocenters. The molecule has 0 spiro atoms. The van der Waals surface area contributed by atoms with Gasteiger partial charge in [-0.1, -0.05) is 47.5 Å². The van der Waals surface area contributed by atoms with Crippen LogP contribution in [0, 0.1) is 0 Å². The number of anilines is 2. The predicted molar refractivity (Wildman–Crippen MR) is 104 cm³/mol. The summed E-state index contributed by atoms with van der Waals surface area (Å²) in [5.74, 6) is -0.672. The molecule has 1 saturated heterocycles. The van der Waals surface area contributed by atoms with Gasteiger partial charge in [-0.2, -0.15) is 0 Å². The van der Waals surface area contributed by atoms with Gasteiger partial charge in [0.25, 0.3) is 0 Å². The Balaban J connectivity index is 1.71. The Labute approximate surface area is 171 Å². The van der Waals surface area contributed by atoms with E-state index in [-0.39, 0.29) is 6.42 Å². The Hall–Kier alpha value is -1.87. The second-order valence-electron chi connectivity index (χ2n) is 6.25. The molecule has 0 aromatic heterocycles. The summed E-state index contributed by atoms with van der Waals surface area (Å²) in [4.78, 5) is 12.3. The van der Waals surface area contributed by atoms with E-state index >= 15 is 0 Å². The molecule has 1 fully saturated rings. The lowest BCUT2D eigenvalue weighted by Gasteiger charge is -2.17. The molecule has 2 aromatic carbocycles. The van der Waals surface area contributed by atoms with Gasteiger partial charge >= 0.3 is 5.97 Å². The first-order chi connectivity index (χ1) is 13.4. The molecule has 150 valence electrons. The summed E-state index contributed by atoms with van der Waals surface area (Å²) < 4.78 is 10.3. The van der Waals surface area contributed by atoms with E-state index in [2.05, 4.69) is 5.32 Å². The molecular formula is C19H19Cl2NO6. The standard InChI is InChI=1S/C19H19Cl2NO6/c20-11-5-3-6-12(21)16(11)22-13-7-2-1-4-10(13)8-15(24)28-19-18(26)17(25)14(9-23)27-19/h1-7,14,17-19,22-23,25-26H,8-9H2/t14-,17-,18-,19?/m1/s1. The van der Waals surface area contributed by atoms with Gasteiger partial charge in [-0.15, -0.1) is 0 Å². The van der Waals surface area contributed by atoms with Crippen LogP contribution in [0.4, 0.5) is 11.4 Å². The second-order valence-corrected chi connectivity index (χ2v) is 7.07. The lowest BCUT2D eigenvalue weighted by molar-refractivity contribution is -0.189. The molecule has 4 atom stereocenters. The minimum atomic E-state index is -1.43. The number of carbonyl (C=O) groups excluding carboxylic acids is 1. The highest BCUT2D eigenvalue weighted by Crippen LogP contribution is 2.33. The van der Waals surface area contributed by atoms with Crippen molar-refractivity contribution in [1.29, 1.82) is 0 Å². The maximum atomic E-state index is 12.3. The largest absolute Gasteiger partial charge is 0.432 e. The number of ether oxygens (including phenoxy) is 2. The summed E-state index contributed by atoms with van der Waals surface area (Å²) in [6.07, 6.45) is -5.25. The topological polar surface area (TPSA) is 108 Å². The van der Waals surface area contributed by atoms with Gasteiger partial charge in [0, 0.05) is 5.69 Å². The van der Waals surface area contributed by atoms with Gasteiger partial charge in [0.05, 0.1) is 28.8 Å². The fourth-order valence-electron chi connectivity index (χ4n) is 2.84. The number of hydrogen-bond acceptors (Lipinski definition) is 7. The lowest BCUT2D eigenvalue weighted by atomic mass is 10.1. The monoisotopic (exact) mass is 427 g/mol. The van der Waals surface area contributed by atoms with Crippen LogP contribution in [0.2, 0.25) is 10.0 Å². The van der Waals surface area contributed by atoms with Crippen LogP contribution in [-0.2, 0) is 20.7 Å². The number of aliphatic hydroxyl groups is 3. The molecule has 28 heavy (non-hydrogen) atoms. The van der Waals surface area contributed by atoms with E-state index in [0.29, 0.717) is 27.0 Å². The predicted octanol–water partition coefficient (Wildman–Crippen LogP) is 2.26. The van der Waals surface area contributed by atoms with Gasteiger partial charge in [-0.05, 0) is 23.8 Å². The Bertz CT molecular complexity index is 829. The molecule has 0 radical (unpaired) electrons. The van der Waals surface area contributed by atoms with Crippen molar-refractivity contribution in [3.63, 3.8) is 0 Å². The minimum absolute atomic E-state index is 0.127. The van der Waals surface area contributed by atoms with Crippen LogP contribution in [0.1, 0.15) is 5.56 Å². The van der Waals surface area contributed by atoms with Crippen LogP contribution < -0.4 is 5.32 Å². The quantitative estimate of drug-likeness (QED) is 0.523. The molecule has 4 N–H and O–H groups in total. The third kappa shape index (κ3) is 4.57. The molecule has 1 heterocycles. The molecule has 0 aliphatic carbocycles. The van der Waals surface area contributed by atoms with Crippen LogP contribution in [0.5, 0.6) is 0 Å². The number of carbonyl (C=O) groups is 1. The number of hydrogen-bond donors (Lipinski definition) is 4. The summed E-state index contributed by atoms with van der Waals surface area (Å²) >= 11 is 12.4. The van der Waals surface area contributed by atoms with Crippen molar-refractivity contribution >= 4 is 40.5 Å². The number of esters is 1. The molecule has 0 amide bonds. The van der Waals surface area contributed by atoms with Crippen LogP contribution in [-0.4, -0.2) is 52.5 Å². The van der Waals surface area contributed by atoms with E-state index in [1.54, 1.807) is 42.5 Å². The normalized spacial score (nSPS) is 24.2. The highest BCUT2D eigenvalue weighted by Gasteiger charge is 2.44. The Morgan fingerprint density at radius 3 is 2.39 bits per heavy atom. The second kappa shape index (κ2) is 9.09. The number of rotatable bonds is 6. The summed E-state index contributed by atoms with van der Waals surface area (Å²) in [7, 11) is 0. The molecule has 0 saturated carbocycles. The van der Waals surface area contributed by atoms with Gasteiger partial charge in [0.15, 0.2) is 0 Å². The smallest absolute Gasteiger partial charge is 0.312 e. The van der Waals surface area contributed by atoms with Gasteiger partial charge in [0.2, 0.25) is 6.29 Å². The van der Waals surface area contributed by atoms with E-state index in [4.69, 9.17) is 37.8 Å². The summed E-state index contributed by atoms with van der Waals surface area (Å²) in [6.45, 7) is -0.502. The minimum Gasteiger partial charge on any atom is -0.432 e. The molecule has 9 heteroatoms. The number of benzene rings is 2. The number of halogens is 2. The van der Waals surface area contributed by atoms with Crippen molar-refractivity contribution in [2.24, 2.45) is 0 Å². The number of nitrogens with one attached hydrogen (secondary N) is 1. The molecule has 1 aliphatic rings. The molecule has 2 aromatic rings. The average molecular weight is 428 g/mol. The number of para-hydroxylation sites is 2. The van der Waals surface area contributed by atoms with Crippen molar-refractivity contribution in [2.75, 3.05) is 11.9 Å². The summed E-state index contributed by atoms with van der Waals surface area (Å²) in [6, 6.07) is 12.1. The molecule has 3 rings (SSSR count). The first kappa shape index (κ1) is 20.9. The molecular weight excluding hydrogens is 409 g/mol. The summed E-state index contributed by atoms with van der Waals surface area (Å²) in [5, 5.41) is 32.7. The zero-order valence-corrected chi connectivity index (χ0v) is 16.1. The maximum absolute atomic E-state index is 12.3. The fourth-order valence-corrected chi connectivity index (χ4v) is 3.33. The Morgan fingerprint density at radius 1 is 1.07 bits per heavy atom. The third-order valence-electron chi connectivity index (χ3n) is 4.32. The first-order valence-corrected chi connectivity index (χ1v) is 9.27. The van der Waals surface area contributed by atoms with Crippen molar-refractivity contribution in [1.82, 2.24) is 0 Å². The summed E-state index contributed by atoms with van der Waals surface area (Å²) in [5.41, 5.74) is 1.72. The lowest BCUT2D eigenvalue weighted by Crippen LogP contribution is -2.35. The van der Waals surface area contributed by atoms with E-state index < -0.39 is 37.2 Å². The third-order valence-corrected chi connectivity index (χ3v) is 4.95. The van der Waals surface area contributed by atoms with Gasteiger partial charge < -0.3 is 30.1 Å². The maximum Gasteiger partial charge on any atom is 0.312 e. The van der Waals surface area contributed by atoms with Crippen molar-refractivity contribution in [3.8, 4) is 0 Å². The van der Waals surface area contributed by atoms with Crippen LogP contribution in [0.3, 0.4) is 0 Å². The highest BCUT2D eigenvalue weighted by molar-refractivity contribution is 6.39. The molecule has 1 aliphatic heterocycles. The SMILES string of the molecule is O=C(Cc1ccccc1Nc1c(Cl)cccc1Cl)OC1O[C@H](CO)[C@@H](O)[C@H]1O. The zero-order valence-electron chi connectivity index (χ0n) is 14.6. The average Bonchev–Trinajstić information content (AvgIpc) is 2.94. The fraction of sp³-hybridized carbons (Fsp3) is 0.316. The van der Waals surface area contributed by atoms with Crippen molar-refractivity contribution in [3.05, 3.63) is 58.1 Å². The molecule has 0 bridgehead atoms. The van der Waals surface area contributed by atoms with Crippen LogP contribution in [0.25, 0.3) is 0 Å². The van der Waals surface area contributed by atoms with E-state index in [0.717, 1.165) is 0 Å². The van der Waals surface area contributed by atoms with Crippen LogP contribution >= 0.6 is 23.2 Å². The number of aliphatic hydroxyl groups excluding tert-OH is 3. The first-order valence-electron chi connectivity index (χ1n) is 8.51. The van der Waals surface area contributed by atoms with E-state index in [1.165, 1.54) is 0 Å². The van der Waals surface area contributed by atoms with Crippen molar-refractivity contribution in [2.45, 2.75) is 31.0 Å².